The number of hydrogen-bond acceptors (Lipinski definition) is 5. The smallest absolute Gasteiger partial charge is 0.230 e. The molecule has 0 aliphatic carbocycles. The lowest BCUT2D eigenvalue weighted by Gasteiger charge is -2.09. The summed E-state index contributed by atoms with van der Waals surface area (Å²) in [6, 6.07) is 15.6. The fourth-order valence-electron chi connectivity index (χ4n) is 2.45. The molecule has 1 N–H and O–H groups in total. The Balaban J connectivity index is 1.55. The number of amides is 1. The molecule has 1 aromatic heterocycles. The molecular weight excluding hydrogens is 348 g/mol. The molecule has 0 aliphatic rings. The van der Waals surface area contributed by atoms with Gasteiger partial charge in [-0.15, -0.1) is 10.2 Å². The van der Waals surface area contributed by atoms with Gasteiger partial charge in [0.15, 0.2) is 5.16 Å². The molecule has 0 radical (unpaired) electrons. The van der Waals surface area contributed by atoms with Gasteiger partial charge in [0, 0.05) is 6.54 Å². The molecule has 7 heteroatoms. The van der Waals surface area contributed by atoms with Gasteiger partial charge >= 0.3 is 0 Å². The van der Waals surface area contributed by atoms with Gasteiger partial charge in [-0.25, -0.2) is 0 Å². The zero-order valence-electron chi connectivity index (χ0n) is 14.7. The van der Waals surface area contributed by atoms with Crippen molar-refractivity contribution in [2.75, 3.05) is 12.9 Å². The van der Waals surface area contributed by atoms with Crippen molar-refractivity contribution in [1.82, 2.24) is 20.1 Å². The fraction of sp³-hybridized carbons (Fsp3) is 0.211. The molecule has 0 saturated carbocycles. The molecule has 0 atom stereocenters. The first-order valence-electron chi connectivity index (χ1n) is 8.16. The zero-order valence-corrected chi connectivity index (χ0v) is 15.5. The Bertz CT molecular complexity index is 877. The minimum Gasteiger partial charge on any atom is -0.497 e. The minimum absolute atomic E-state index is 0.0508. The van der Waals surface area contributed by atoms with Crippen LogP contribution in [0, 0.1) is 6.92 Å². The average Bonchev–Trinajstić information content (AvgIpc) is 3.14. The first-order chi connectivity index (χ1) is 12.7. The summed E-state index contributed by atoms with van der Waals surface area (Å²) < 4.78 is 7.02. The summed E-state index contributed by atoms with van der Waals surface area (Å²) in [5.74, 6) is 1.03. The van der Waals surface area contributed by atoms with E-state index in [1.165, 1.54) is 11.8 Å². The molecule has 0 unspecified atom stereocenters. The van der Waals surface area contributed by atoms with Crippen LogP contribution in [0.15, 0.2) is 60.0 Å². The zero-order chi connectivity index (χ0) is 18.4. The van der Waals surface area contributed by atoms with Crippen molar-refractivity contribution in [1.29, 1.82) is 0 Å². The molecule has 2 aromatic carbocycles. The maximum Gasteiger partial charge on any atom is 0.230 e. The number of carbonyl (C=O) groups is 1. The van der Waals surface area contributed by atoms with Crippen molar-refractivity contribution in [3.63, 3.8) is 0 Å². The number of thioether (sulfide) groups is 1. The quantitative estimate of drug-likeness (QED) is 0.649. The average molecular weight is 368 g/mol. The molecule has 0 aliphatic heterocycles. The Morgan fingerprint density at radius 2 is 1.96 bits per heavy atom. The molecule has 3 aromatic rings. The summed E-state index contributed by atoms with van der Waals surface area (Å²) in [5, 5.41) is 11.7. The summed E-state index contributed by atoms with van der Waals surface area (Å²) in [4.78, 5) is 12.1. The number of rotatable bonds is 7. The largest absolute Gasteiger partial charge is 0.497 e. The van der Waals surface area contributed by atoms with Crippen LogP contribution in [0.2, 0.25) is 0 Å². The van der Waals surface area contributed by atoms with Crippen molar-refractivity contribution in [3.8, 4) is 11.4 Å². The third kappa shape index (κ3) is 4.43. The number of hydrogen-bond donors (Lipinski definition) is 1. The predicted octanol–water partition coefficient (Wildman–Crippen LogP) is 2.99. The third-order valence-electron chi connectivity index (χ3n) is 3.87. The van der Waals surface area contributed by atoms with Crippen LogP contribution in [0.1, 0.15) is 11.1 Å². The van der Waals surface area contributed by atoms with Gasteiger partial charge in [0.1, 0.15) is 12.1 Å². The number of nitrogens with one attached hydrogen (secondary N) is 1. The van der Waals surface area contributed by atoms with Crippen LogP contribution in [0.4, 0.5) is 0 Å². The summed E-state index contributed by atoms with van der Waals surface area (Å²) in [7, 11) is 1.63. The summed E-state index contributed by atoms with van der Waals surface area (Å²) >= 11 is 1.36. The first-order valence-corrected chi connectivity index (χ1v) is 9.14. The van der Waals surface area contributed by atoms with Gasteiger partial charge in [0.05, 0.1) is 18.6 Å². The fourth-order valence-corrected chi connectivity index (χ4v) is 3.20. The first kappa shape index (κ1) is 18.0. The maximum absolute atomic E-state index is 12.1. The van der Waals surface area contributed by atoms with Gasteiger partial charge in [-0.1, -0.05) is 42.1 Å². The molecule has 1 amide bonds. The highest BCUT2D eigenvalue weighted by atomic mass is 32.2. The number of benzene rings is 2. The Kier molecular flexibility index (Phi) is 5.91. The molecule has 0 fully saturated rings. The standard InChI is InChI=1S/C19H20N4O2S/c1-14-5-3-4-6-17(14)23-13-21-22-19(23)26-12-18(24)20-11-15-7-9-16(25-2)10-8-15/h3-10,13H,11-12H2,1-2H3,(H,20,24). The van der Waals surface area contributed by atoms with Crippen LogP contribution in [0.25, 0.3) is 5.69 Å². The van der Waals surface area contributed by atoms with E-state index in [1.54, 1.807) is 13.4 Å². The van der Waals surface area contributed by atoms with Gasteiger partial charge < -0.3 is 10.1 Å². The Labute approximate surface area is 156 Å². The second-order valence-corrected chi connectivity index (χ2v) is 6.63. The van der Waals surface area contributed by atoms with Crippen molar-refractivity contribution in [2.45, 2.75) is 18.6 Å². The number of aromatic nitrogens is 3. The number of para-hydroxylation sites is 1. The molecule has 26 heavy (non-hydrogen) atoms. The van der Waals surface area contributed by atoms with Gasteiger partial charge in [-0.05, 0) is 36.2 Å². The highest BCUT2D eigenvalue weighted by molar-refractivity contribution is 7.99. The van der Waals surface area contributed by atoms with Gasteiger partial charge in [-0.2, -0.15) is 0 Å². The molecule has 6 nitrogen and oxygen atoms in total. The van der Waals surface area contributed by atoms with Gasteiger partial charge in [0.2, 0.25) is 5.91 Å². The van der Waals surface area contributed by atoms with Crippen molar-refractivity contribution >= 4 is 17.7 Å². The van der Waals surface area contributed by atoms with Crippen LogP contribution >= 0.6 is 11.8 Å². The van der Waals surface area contributed by atoms with Crippen molar-refractivity contribution in [2.24, 2.45) is 0 Å². The summed E-state index contributed by atoms with van der Waals surface area (Å²) in [6.07, 6.45) is 1.67. The number of nitrogens with zero attached hydrogens (tertiary/aromatic N) is 3. The topological polar surface area (TPSA) is 69.0 Å². The summed E-state index contributed by atoms with van der Waals surface area (Å²) in [5.41, 5.74) is 3.16. The molecule has 0 bridgehead atoms. The van der Waals surface area contributed by atoms with Crippen LogP contribution in [0.3, 0.4) is 0 Å². The van der Waals surface area contributed by atoms with Gasteiger partial charge in [0.25, 0.3) is 0 Å². The van der Waals surface area contributed by atoms with Gasteiger partial charge in [-0.3, -0.25) is 9.36 Å². The van der Waals surface area contributed by atoms with Crippen molar-refractivity contribution in [3.05, 3.63) is 66.0 Å². The lowest BCUT2D eigenvalue weighted by molar-refractivity contribution is -0.118. The van der Waals surface area contributed by atoms with Crippen molar-refractivity contribution < 1.29 is 9.53 Å². The molecule has 134 valence electrons. The van der Waals surface area contributed by atoms with E-state index >= 15 is 0 Å². The highest BCUT2D eigenvalue weighted by Gasteiger charge is 2.11. The molecule has 1 heterocycles. The number of ether oxygens (including phenoxy) is 1. The Morgan fingerprint density at radius 1 is 1.19 bits per heavy atom. The van der Waals surface area contributed by atoms with E-state index in [4.69, 9.17) is 4.74 Å². The number of methoxy groups -OCH3 is 1. The normalized spacial score (nSPS) is 10.5. The van der Waals surface area contributed by atoms with E-state index in [-0.39, 0.29) is 11.7 Å². The monoisotopic (exact) mass is 368 g/mol. The molecule has 3 rings (SSSR count). The van der Waals surface area contributed by atoms with E-state index in [2.05, 4.69) is 15.5 Å². The van der Waals surface area contributed by atoms with Crippen LogP contribution in [0.5, 0.6) is 5.75 Å². The highest BCUT2D eigenvalue weighted by Crippen LogP contribution is 2.21. The van der Waals surface area contributed by atoms with E-state index in [1.807, 2.05) is 60.0 Å². The second kappa shape index (κ2) is 8.53. The lowest BCUT2D eigenvalue weighted by Crippen LogP contribution is -2.24. The number of aryl methyl sites for hydroxylation is 1. The molecular formula is C19H20N4O2S. The summed E-state index contributed by atoms with van der Waals surface area (Å²) in [6.45, 7) is 2.51. The Morgan fingerprint density at radius 3 is 2.69 bits per heavy atom. The van der Waals surface area contributed by atoms with E-state index in [0.717, 1.165) is 22.6 Å². The molecule has 0 spiro atoms. The lowest BCUT2D eigenvalue weighted by atomic mass is 10.2. The Hall–Kier alpha value is -2.80. The van der Waals surface area contributed by atoms with E-state index < -0.39 is 0 Å². The predicted molar refractivity (Wildman–Crippen MR) is 102 cm³/mol. The van der Waals surface area contributed by atoms with Crippen LogP contribution in [-0.4, -0.2) is 33.5 Å². The second-order valence-electron chi connectivity index (χ2n) is 5.68. The third-order valence-corrected chi connectivity index (χ3v) is 4.82. The SMILES string of the molecule is COc1ccc(CNC(=O)CSc2nncn2-c2ccccc2C)cc1. The number of carbonyl (C=O) groups excluding carboxylic acids is 1. The van der Waals surface area contributed by atoms with Crippen LogP contribution in [-0.2, 0) is 11.3 Å². The van der Waals surface area contributed by atoms with E-state index in [0.29, 0.717) is 11.7 Å². The van der Waals surface area contributed by atoms with Crippen LogP contribution < -0.4 is 10.1 Å². The minimum atomic E-state index is -0.0508. The maximum atomic E-state index is 12.1. The molecule has 0 saturated heterocycles. The van der Waals surface area contributed by atoms with E-state index in [9.17, 15) is 4.79 Å².